The van der Waals surface area contributed by atoms with Crippen LogP contribution in [0.1, 0.15) is 25.6 Å². The van der Waals surface area contributed by atoms with E-state index in [-0.39, 0.29) is 5.60 Å². The maximum Gasteiger partial charge on any atom is 0.163 e. The highest BCUT2D eigenvalue weighted by Gasteiger charge is 2.35. The molecule has 2 aliphatic rings. The Labute approximate surface area is 110 Å². The third-order valence-corrected chi connectivity index (χ3v) is 3.87. The van der Waals surface area contributed by atoms with Crippen LogP contribution in [0.2, 0.25) is 0 Å². The summed E-state index contributed by atoms with van der Waals surface area (Å²) in [5.41, 5.74) is 1.58. The number of aromatic amines is 1. The Bertz CT molecular complexity index is 586. The molecule has 2 aliphatic heterocycles. The van der Waals surface area contributed by atoms with Crippen molar-refractivity contribution in [2.75, 3.05) is 19.8 Å². The fraction of sp³-hybridized carbons (Fsp3) is 0.500. The van der Waals surface area contributed by atoms with Gasteiger partial charge in [-0.25, -0.2) is 4.98 Å². The average Bonchev–Trinajstić information content (AvgIpc) is 3.03. The van der Waals surface area contributed by atoms with Crippen molar-refractivity contribution in [1.82, 2.24) is 9.97 Å². The van der Waals surface area contributed by atoms with Crippen LogP contribution in [-0.2, 0) is 10.3 Å². The first-order chi connectivity index (χ1) is 9.24. The van der Waals surface area contributed by atoms with Crippen LogP contribution >= 0.6 is 0 Å². The van der Waals surface area contributed by atoms with Crippen LogP contribution in [0, 0.1) is 0 Å². The SMILES string of the molecule is CC1(c2nc3cc4c(cc3[nH]2)OCCO4)CCCO1. The van der Waals surface area contributed by atoms with Gasteiger partial charge in [-0.3, -0.25) is 0 Å². The summed E-state index contributed by atoms with van der Waals surface area (Å²) < 4.78 is 17.0. The minimum Gasteiger partial charge on any atom is -0.486 e. The number of ether oxygens (including phenoxy) is 3. The molecule has 0 spiro atoms. The van der Waals surface area contributed by atoms with E-state index in [9.17, 15) is 0 Å². The molecule has 1 unspecified atom stereocenters. The van der Waals surface area contributed by atoms with Crippen LogP contribution in [-0.4, -0.2) is 29.8 Å². The molecular formula is C14H16N2O3. The van der Waals surface area contributed by atoms with Crippen molar-refractivity contribution in [1.29, 1.82) is 0 Å². The van der Waals surface area contributed by atoms with Crippen LogP contribution in [0.15, 0.2) is 12.1 Å². The predicted octanol–water partition coefficient (Wildman–Crippen LogP) is 2.36. The highest BCUT2D eigenvalue weighted by atomic mass is 16.6. The molecule has 19 heavy (non-hydrogen) atoms. The summed E-state index contributed by atoms with van der Waals surface area (Å²) in [5.74, 6) is 2.45. The fourth-order valence-corrected chi connectivity index (χ4v) is 2.76. The van der Waals surface area contributed by atoms with Gasteiger partial charge in [0.15, 0.2) is 11.5 Å². The molecule has 1 atom stereocenters. The zero-order valence-electron chi connectivity index (χ0n) is 10.9. The first-order valence-corrected chi connectivity index (χ1v) is 6.68. The molecule has 1 aromatic heterocycles. The summed E-state index contributed by atoms with van der Waals surface area (Å²) in [6, 6.07) is 3.89. The largest absolute Gasteiger partial charge is 0.486 e. The van der Waals surface area contributed by atoms with Gasteiger partial charge in [-0.1, -0.05) is 0 Å². The lowest BCUT2D eigenvalue weighted by Gasteiger charge is -2.19. The van der Waals surface area contributed by atoms with Crippen LogP contribution in [0.3, 0.4) is 0 Å². The molecule has 100 valence electrons. The van der Waals surface area contributed by atoms with Gasteiger partial charge in [-0.2, -0.15) is 0 Å². The monoisotopic (exact) mass is 260 g/mol. The molecule has 4 rings (SSSR count). The van der Waals surface area contributed by atoms with Gasteiger partial charge < -0.3 is 19.2 Å². The van der Waals surface area contributed by atoms with E-state index in [1.54, 1.807) is 0 Å². The Kier molecular flexibility index (Phi) is 2.26. The molecule has 5 heteroatoms. The summed E-state index contributed by atoms with van der Waals surface area (Å²) >= 11 is 0. The zero-order valence-corrected chi connectivity index (χ0v) is 10.9. The Hall–Kier alpha value is -1.75. The summed E-state index contributed by atoms with van der Waals surface area (Å²) in [5, 5.41) is 0. The Morgan fingerprint density at radius 3 is 2.68 bits per heavy atom. The molecule has 0 saturated carbocycles. The second-order valence-corrected chi connectivity index (χ2v) is 5.28. The molecule has 2 aromatic rings. The topological polar surface area (TPSA) is 56.4 Å². The fourth-order valence-electron chi connectivity index (χ4n) is 2.76. The third-order valence-electron chi connectivity index (χ3n) is 3.87. The summed E-state index contributed by atoms with van der Waals surface area (Å²) in [7, 11) is 0. The Balaban J connectivity index is 1.82. The minimum absolute atomic E-state index is 0.290. The van der Waals surface area contributed by atoms with Gasteiger partial charge >= 0.3 is 0 Å². The minimum atomic E-state index is -0.290. The summed E-state index contributed by atoms with van der Waals surface area (Å²) in [4.78, 5) is 8.01. The quantitative estimate of drug-likeness (QED) is 0.855. The van der Waals surface area contributed by atoms with Crippen molar-refractivity contribution < 1.29 is 14.2 Å². The van der Waals surface area contributed by atoms with Gasteiger partial charge in [0.1, 0.15) is 24.6 Å². The van der Waals surface area contributed by atoms with E-state index in [0.717, 1.165) is 47.8 Å². The van der Waals surface area contributed by atoms with E-state index in [2.05, 4.69) is 16.9 Å². The van der Waals surface area contributed by atoms with Crippen molar-refractivity contribution in [3.05, 3.63) is 18.0 Å². The van der Waals surface area contributed by atoms with Gasteiger partial charge in [0, 0.05) is 18.7 Å². The van der Waals surface area contributed by atoms with Crippen molar-refractivity contribution >= 4 is 11.0 Å². The number of nitrogens with zero attached hydrogens (tertiary/aromatic N) is 1. The lowest BCUT2D eigenvalue weighted by Crippen LogP contribution is -2.21. The predicted molar refractivity (Wildman–Crippen MR) is 69.6 cm³/mol. The molecule has 1 aromatic carbocycles. The molecule has 0 amide bonds. The lowest BCUT2D eigenvalue weighted by molar-refractivity contribution is 0.0103. The van der Waals surface area contributed by atoms with Gasteiger partial charge in [0.2, 0.25) is 0 Å². The number of benzene rings is 1. The zero-order chi connectivity index (χ0) is 12.9. The van der Waals surface area contributed by atoms with Crippen molar-refractivity contribution in [3.8, 4) is 11.5 Å². The number of fused-ring (bicyclic) bond motifs is 2. The Morgan fingerprint density at radius 2 is 1.95 bits per heavy atom. The molecular weight excluding hydrogens is 244 g/mol. The number of nitrogens with one attached hydrogen (secondary N) is 1. The van der Waals surface area contributed by atoms with Gasteiger partial charge in [0.25, 0.3) is 0 Å². The van der Waals surface area contributed by atoms with Gasteiger partial charge in [0.05, 0.1) is 11.0 Å². The molecule has 5 nitrogen and oxygen atoms in total. The van der Waals surface area contributed by atoms with E-state index in [4.69, 9.17) is 14.2 Å². The number of H-pyrrole nitrogens is 1. The van der Waals surface area contributed by atoms with Gasteiger partial charge in [-0.05, 0) is 19.8 Å². The third kappa shape index (κ3) is 1.69. The van der Waals surface area contributed by atoms with Crippen molar-refractivity contribution in [3.63, 3.8) is 0 Å². The standard InChI is InChI=1S/C14H16N2O3/c1-14(3-2-4-19-14)13-15-9-7-11-12(8-10(9)16-13)18-6-5-17-11/h7-8H,2-6H2,1H3,(H,15,16). The van der Waals surface area contributed by atoms with E-state index in [1.165, 1.54) is 0 Å². The number of hydrogen-bond donors (Lipinski definition) is 1. The second kappa shape index (κ2) is 3.87. The lowest BCUT2D eigenvalue weighted by atomic mass is 10.0. The van der Waals surface area contributed by atoms with Crippen LogP contribution in [0.5, 0.6) is 11.5 Å². The molecule has 3 heterocycles. The smallest absolute Gasteiger partial charge is 0.163 e. The maximum absolute atomic E-state index is 5.83. The summed E-state index contributed by atoms with van der Waals surface area (Å²) in [6.07, 6.45) is 2.08. The van der Waals surface area contributed by atoms with E-state index in [1.807, 2.05) is 12.1 Å². The maximum atomic E-state index is 5.83. The van der Waals surface area contributed by atoms with E-state index >= 15 is 0 Å². The Morgan fingerprint density at radius 1 is 1.16 bits per heavy atom. The average molecular weight is 260 g/mol. The number of imidazole rings is 1. The van der Waals surface area contributed by atoms with Gasteiger partial charge in [-0.15, -0.1) is 0 Å². The first kappa shape index (κ1) is 11.1. The molecule has 1 fully saturated rings. The molecule has 1 saturated heterocycles. The molecule has 0 bridgehead atoms. The summed E-state index contributed by atoms with van der Waals surface area (Å²) in [6.45, 7) is 4.08. The number of aromatic nitrogens is 2. The van der Waals surface area contributed by atoms with Crippen molar-refractivity contribution in [2.45, 2.75) is 25.4 Å². The van der Waals surface area contributed by atoms with Crippen LogP contribution in [0.25, 0.3) is 11.0 Å². The normalized spacial score (nSPS) is 25.9. The van der Waals surface area contributed by atoms with E-state index in [0.29, 0.717) is 13.2 Å². The highest BCUT2D eigenvalue weighted by Crippen LogP contribution is 2.38. The second-order valence-electron chi connectivity index (χ2n) is 5.28. The van der Waals surface area contributed by atoms with Crippen LogP contribution in [0.4, 0.5) is 0 Å². The number of rotatable bonds is 1. The highest BCUT2D eigenvalue weighted by molar-refractivity contribution is 5.80. The molecule has 1 N–H and O–H groups in total. The van der Waals surface area contributed by atoms with E-state index < -0.39 is 0 Å². The molecule has 0 radical (unpaired) electrons. The van der Waals surface area contributed by atoms with Crippen LogP contribution < -0.4 is 9.47 Å². The molecule has 0 aliphatic carbocycles. The first-order valence-electron chi connectivity index (χ1n) is 6.68. The number of hydrogen-bond acceptors (Lipinski definition) is 4. The van der Waals surface area contributed by atoms with Crippen molar-refractivity contribution in [2.24, 2.45) is 0 Å².